The van der Waals surface area contributed by atoms with Crippen LogP contribution in [0.4, 0.5) is 0 Å². The summed E-state index contributed by atoms with van der Waals surface area (Å²) in [4.78, 5) is 12.2. The number of hydrogen-bond donors (Lipinski definition) is 2. The van der Waals surface area contributed by atoms with Gasteiger partial charge in [-0.1, -0.05) is 35.2 Å². The Bertz CT molecular complexity index is 487. The molecule has 0 bridgehead atoms. The number of carbonyl (C=O) groups excluding carboxylic acids is 1. The van der Waals surface area contributed by atoms with Gasteiger partial charge in [-0.05, 0) is 59.0 Å². The number of nitrogens with one attached hydrogen (secondary N) is 1. The highest BCUT2D eigenvalue weighted by Gasteiger charge is 2.31. The van der Waals surface area contributed by atoms with Crippen LogP contribution in [0.25, 0.3) is 0 Å². The van der Waals surface area contributed by atoms with Gasteiger partial charge in [-0.2, -0.15) is 0 Å². The van der Waals surface area contributed by atoms with E-state index in [1.165, 1.54) is 19.3 Å². The average molecular weight is 452 g/mol. The Hall–Kier alpha value is -0.300. The lowest BCUT2D eigenvalue weighted by molar-refractivity contribution is 0.0919. The summed E-state index contributed by atoms with van der Waals surface area (Å²) in [5, 5.41) is 13.7. The van der Waals surface area contributed by atoms with Crippen molar-refractivity contribution in [1.29, 1.82) is 0 Å². The normalized spacial score (nSPS) is 17.7. The van der Waals surface area contributed by atoms with E-state index in [2.05, 4.69) is 43.8 Å². The Balaban J connectivity index is 2.02. The van der Waals surface area contributed by atoms with Crippen molar-refractivity contribution < 1.29 is 9.90 Å². The van der Waals surface area contributed by atoms with Gasteiger partial charge in [0.2, 0.25) is 0 Å². The molecule has 0 aromatic heterocycles. The first-order valence-electron chi connectivity index (χ1n) is 6.89. The van der Waals surface area contributed by atoms with Gasteiger partial charge in [0.15, 0.2) is 0 Å². The van der Waals surface area contributed by atoms with Crippen LogP contribution in [0.15, 0.2) is 18.2 Å². The first-order valence-corrected chi connectivity index (χ1v) is 9.09. The molecule has 2 N–H and O–H groups in total. The minimum atomic E-state index is -0.188. The molecule has 0 atom stereocenters. The Morgan fingerprint density at radius 3 is 2.70 bits per heavy atom. The molecule has 3 nitrogen and oxygen atoms in total. The molecule has 0 heterocycles. The molecule has 1 aliphatic carbocycles. The number of benzene rings is 1. The standard InChI is InChI=1S/C15H19BrINO2/c16-9-15(6-2-1-3-7-15)10-18-14(20)12-8-11(17)4-5-13(12)19/h4-5,8,19H,1-3,6-7,9-10H2,(H,18,20). The third kappa shape index (κ3) is 3.87. The highest BCUT2D eigenvalue weighted by Crippen LogP contribution is 2.37. The lowest BCUT2D eigenvalue weighted by Crippen LogP contribution is -2.40. The fourth-order valence-electron chi connectivity index (χ4n) is 2.71. The number of rotatable bonds is 4. The summed E-state index contributed by atoms with van der Waals surface area (Å²) in [6, 6.07) is 5.07. The summed E-state index contributed by atoms with van der Waals surface area (Å²) < 4.78 is 0.943. The van der Waals surface area contributed by atoms with E-state index in [1.807, 2.05) is 0 Å². The molecule has 0 unspecified atom stereocenters. The topological polar surface area (TPSA) is 49.3 Å². The van der Waals surface area contributed by atoms with Crippen LogP contribution in [0.3, 0.4) is 0 Å². The largest absolute Gasteiger partial charge is 0.507 e. The maximum Gasteiger partial charge on any atom is 0.255 e. The molecular formula is C15H19BrINO2. The molecule has 1 saturated carbocycles. The third-order valence-corrected chi connectivity index (χ3v) is 5.89. The second-order valence-electron chi connectivity index (χ2n) is 5.54. The molecule has 110 valence electrons. The molecule has 0 aliphatic heterocycles. The minimum absolute atomic E-state index is 0.0412. The van der Waals surface area contributed by atoms with Gasteiger partial charge in [0.05, 0.1) is 5.56 Å². The number of amides is 1. The predicted octanol–water partition coefficient (Wildman–Crippen LogP) is 4.07. The van der Waals surface area contributed by atoms with Crippen molar-refractivity contribution in [3.63, 3.8) is 0 Å². The summed E-state index contributed by atoms with van der Waals surface area (Å²) in [7, 11) is 0. The van der Waals surface area contributed by atoms with E-state index in [0.29, 0.717) is 12.1 Å². The number of carbonyl (C=O) groups is 1. The fraction of sp³-hybridized carbons (Fsp3) is 0.533. The number of phenolic OH excluding ortho intramolecular Hbond substituents is 1. The van der Waals surface area contributed by atoms with E-state index < -0.39 is 0 Å². The molecular weight excluding hydrogens is 433 g/mol. The maximum absolute atomic E-state index is 12.2. The van der Waals surface area contributed by atoms with Crippen molar-refractivity contribution in [3.8, 4) is 5.75 Å². The van der Waals surface area contributed by atoms with Gasteiger partial charge in [-0.15, -0.1) is 0 Å². The number of aromatic hydroxyl groups is 1. The first-order chi connectivity index (χ1) is 9.56. The smallest absolute Gasteiger partial charge is 0.255 e. The van der Waals surface area contributed by atoms with E-state index in [0.717, 1.165) is 21.7 Å². The van der Waals surface area contributed by atoms with Gasteiger partial charge in [-0.25, -0.2) is 0 Å². The van der Waals surface area contributed by atoms with Crippen molar-refractivity contribution >= 4 is 44.4 Å². The second-order valence-corrected chi connectivity index (χ2v) is 7.34. The van der Waals surface area contributed by atoms with Crippen molar-refractivity contribution in [1.82, 2.24) is 5.32 Å². The van der Waals surface area contributed by atoms with Crippen LogP contribution in [-0.2, 0) is 0 Å². The van der Waals surface area contributed by atoms with Crippen molar-refractivity contribution in [3.05, 3.63) is 27.3 Å². The van der Waals surface area contributed by atoms with Crippen LogP contribution in [0, 0.1) is 8.99 Å². The summed E-state index contributed by atoms with van der Waals surface area (Å²) >= 11 is 5.74. The van der Waals surface area contributed by atoms with Gasteiger partial charge in [0, 0.05) is 15.4 Å². The highest BCUT2D eigenvalue weighted by atomic mass is 127. The molecule has 1 aromatic rings. The van der Waals surface area contributed by atoms with Gasteiger partial charge in [0.1, 0.15) is 5.75 Å². The number of alkyl halides is 1. The Labute approximate surface area is 141 Å². The molecule has 0 radical (unpaired) electrons. The molecule has 1 aliphatic rings. The number of halogens is 2. The van der Waals surface area contributed by atoms with E-state index in [1.54, 1.807) is 18.2 Å². The van der Waals surface area contributed by atoms with Gasteiger partial charge in [-0.3, -0.25) is 4.79 Å². The van der Waals surface area contributed by atoms with E-state index in [4.69, 9.17) is 0 Å². The molecule has 0 saturated heterocycles. The fourth-order valence-corrected chi connectivity index (χ4v) is 3.96. The zero-order valence-electron chi connectivity index (χ0n) is 11.3. The van der Waals surface area contributed by atoms with Gasteiger partial charge in [0.25, 0.3) is 5.91 Å². The minimum Gasteiger partial charge on any atom is -0.507 e. The lowest BCUT2D eigenvalue weighted by Gasteiger charge is -2.35. The van der Waals surface area contributed by atoms with E-state index in [-0.39, 0.29) is 17.1 Å². The van der Waals surface area contributed by atoms with Crippen LogP contribution in [0.5, 0.6) is 5.75 Å². The molecule has 5 heteroatoms. The molecule has 1 aromatic carbocycles. The van der Waals surface area contributed by atoms with Gasteiger partial charge < -0.3 is 10.4 Å². The van der Waals surface area contributed by atoms with E-state index in [9.17, 15) is 9.90 Å². The van der Waals surface area contributed by atoms with Gasteiger partial charge >= 0.3 is 0 Å². The zero-order chi connectivity index (χ0) is 14.6. The first kappa shape index (κ1) is 16.1. The van der Waals surface area contributed by atoms with Crippen molar-refractivity contribution in [2.45, 2.75) is 32.1 Å². The molecule has 1 amide bonds. The van der Waals surface area contributed by atoms with Crippen LogP contribution in [0.1, 0.15) is 42.5 Å². The average Bonchev–Trinajstić information content (AvgIpc) is 2.48. The maximum atomic E-state index is 12.2. The van der Waals surface area contributed by atoms with Crippen molar-refractivity contribution in [2.24, 2.45) is 5.41 Å². The Kier molecular flexibility index (Phi) is 5.72. The summed E-state index contributed by atoms with van der Waals surface area (Å²) in [6.07, 6.45) is 6.06. The van der Waals surface area contributed by atoms with E-state index >= 15 is 0 Å². The molecule has 0 spiro atoms. The zero-order valence-corrected chi connectivity index (χ0v) is 15.0. The lowest BCUT2D eigenvalue weighted by atomic mass is 9.75. The quantitative estimate of drug-likeness (QED) is 0.535. The summed E-state index contributed by atoms with van der Waals surface area (Å²) in [6.45, 7) is 0.669. The second kappa shape index (κ2) is 7.11. The van der Waals surface area contributed by atoms with Crippen LogP contribution in [0.2, 0.25) is 0 Å². The number of hydrogen-bond acceptors (Lipinski definition) is 2. The monoisotopic (exact) mass is 451 g/mol. The Morgan fingerprint density at radius 2 is 2.05 bits per heavy atom. The highest BCUT2D eigenvalue weighted by molar-refractivity contribution is 14.1. The number of phenols is 1. The van der Waals surface area contributed by atoms with Crippen LogP contribution >= 0.6 is 38.5 Å². The Morgan fingerprint density at radius 1 is 1.35 bits per heavy atom. The van der Waals surface area contributed by atoms with Crippen molar-refractivity contribution in [2.75, 3.05) is 11.9 Å². The van der Waals surface area contributed by atoms with Crippen LogP contribution in [-0.4, -0.2) is 22.9 Å². The van der Waals surface area contributed by atoms with Crippen LogP contribution < -0.4 is 5.32 Å². The molecule has 20 heavy (non-hydrogen) atoms. The third-order valence-electron chi connectivity index (χ3n) is 4.02. The molecule has 1 fully saturated rings. The predicted molar refractivity (Wildman–Crippen MR) is 92.5 cm³/mol. The SMILES string of the molecule is O=C(NCC1(CBr)CCCCC1)c1cc(I)ccc1O. The molecule has 2 rings (SSSR count). The summed E-state index contributed by atoms with van der Waals surface area (Å²) in [5.74, 6) is -0.147. The summed E-state index contributed by atoms with van der Waals surface area (Å²) in [5.41, 5.74) is 0.531.